The van der Waals surface area contributed by atoms with Crippen LogP contribution in [0.3, 0.4) is 0 Å². The summed E-state index contributed by atoms with van der Waals surface area (Å²) in [5, 5.41) is 2.87. The first-order valence-electron chi connectivity index (χ1n) is 13.1. The molecule has 7 heteroatoms. The van der Waals surface area contributed by atoms with Gasteiger partial charge in [-0.3, -0.25) is 9.59 Å². The molecule has 3 heterocycles. The third-order valence-electron chi connectivity index (χ3n) is 7.14. The van der Waals surface area contributed by atoms with E-state index >= 15 is 0 Å². The van der Waals surface area contributed by atoms with E-state index in [0.717, 1.165) is 37.0 Å². The molecular weight excluding hydrogens is 468 g/mol. The number of furan rings is 1. The Labute approximate surface area is 217 Å². The summed E-state index contributed by atoms with van der Waals surface area (Å²) in [6.45, 7) is 6.11. The molecule has 0 bridgehead atoms. The minimum Gasteiger partial charge on any atom is -0.486 e. The van der Waals surface area contributed by atoms with Crippen LogP contribution < -0.4 is 10.1 Å². The number of hydrogen-bond acceptors (Lipinski definition) is 5. The summed E-state index contributed by atoms with van der Waals surface area (Å²) >= 11 is 0. The van der Waals surface area contributed by atoms with Crippen LogP contribution in [0.1, 0.15) is 70.8 Å². The quantitative estimate of drug-likeness (QED) is 0.471. The molecule has 2 aromatic carbocycles. The van der Waals surface area contributed by atoms with Gasteiger partial charge in [-0.25, -0.2) is 0 Å². The summed E-state index contributed by atoms with van der Waals surface area (Å²) in [4.78, 5) is 27.2. The smallest absolute Gasteiger partial charge is 0.287 e. The molecule has 37 heavy (non-hydrogen) atoms. The number of amides is 2. The summed E-state index contributed by atoms with van der Waals surface area (Å²) < 4.78 is 17.3. The number of fused-ring (bicyclic) bond motifs is 1. The number of carbonyl (C=O) groups is 2. The first kappa shape index (κ1) is 25.1. The number of hydrogen-bond donors (Lipinski definition) is 1. The van der Waals surface area contributed by atoms with Crippen LogP contribution in [0.4, 0.5) is 0 Å². The van der Waals surface area contributed by atoms with Crippen LogP contribution >= 0.6 is 0 Å². The highest BCUT2D eigenvalue weighted by Gasteiger charge is 2.31. The van der Waals surface area contributed by atoms with E-state index in [1.54, 1.807) is 12.1 Å². The van der Waals surface area contributed by atoms with Gasteiger partial charge < -0.3 is 24.1 Å². The van der Waals surface area contributed by atoms with E-state index < -0.39 is 0 Å². The molecule has 2 atom stereocenters. The Kier molecular flexibility index (Phi) is 7.60. The fraction of sp³-hybridized carbons (Fsp3) is 0.400. The Morgan fingerprint density at radius 3 is 2.70 bits per heavy atom. The van der Waals surface area contributed by atoms with Crippen molar-refractivity contribution in [2.75, 3.05) is 19.7 Å². The van der Waals surface area contributed by atoms with Crippen LogP contribution in [0.15, 0.2) is 59.0 Å². The van der Waals surface area contributed by atoms with Crippen molar-refractivity contribution in [2.45, 2.75) is 58.3 Å². The van der Waals surface area contributed by atoms with E-state index in [1.807, 2.05) is 24.0 Å². The van der Waals surface area contributed by atoms with Gasteiger partial charge in [-0.2, -0.15) is 0 Å². The molecule has 0 aliphatic carbocycles. The zero-order valence-corrected chi connectivity index (χ0v) is 21.5. The van der Waals surface area contributed by atoms with Gasteiger partial charge in [0.2, 0.25) is 5.91 Å². The van der Waals surface area contributed by atoms with Gasteiger partial charge in [-0.1, -0.05) is 42.8 Å². The van der Waals surface area contributed by atoms with E-state index in [4.69, 9.17) is 13.9 Å². The summed E-state index contributed by atoms with van der Waals surface area (Å²) in [6, 6.07) is 17.7. The maximum absolute atomic E-state index is 12.8. The SMILES string of the molecule is CCC(=O)N1CCc2ccc(OCc3ccc(C(=O)NCC4CCCO4)o3)cc2C1c1ccc(C)cc1. The molecule has 1 N–H and O–H groups in total. The van der Waals surface area contributed by atoms with Crippen molar-refractivity contribution in [3.63, 3.8) is 0 Å². The number of benzene rings is 2. The van der Waals surface area contributed by atoms with Crippen molar-refractivity contribution in [3.05, 3.63) is 88.4 Å². The largest absolute Gasteiger partial charge is 0.486 e. The normalized spacial score (nSPS) is 18.9. The second kappa shape index (κ2) is 11.2. The lowest BCUT2D eigenvalue weighted by Crippen LogP contribution is -2.40. The van der Waals surface area contributed by atoms with Crippen LogP contribution in [-0.2, 0) is 22.6 Å². The Bertz CT molecular complexity index is 1240. The van der Waals surface area contributed by atoms with Gasteiger partial charge in [-0.05, 0) is 67.1 Å². The van der Waals surface area contributed by atoms with Crippen LogP contribution in [0.5, 0.6) is 5.75 Å². The van der Waals surface area contributed by atoms with Crippen LogP contribution in [-0.4, -0.2) is 42.5 Å². The van der Waals surface area contributed by atoms with E-state index in [9.17, 15) is 9.59 Å². The maximum atomic E-state index is 12.8. The van der Waals surface area contributed by atoms with Crippen molar-refractivity contribution in [3.8, 4) is 5.75 Å². The molecule has 2 amide bonds. The number of nitrogens with zero attached hydrogens (tertiary/aromatic N) is 1. The first-order valence-corrected chi connectivity index (χ1v) is 13.1. The van der Waals surface area contributed by atoms with Gasteiger partial charge in [0.1, 0.15) is 18.1 Å². The summed E-state index contributed by atoms with van der Waals surface area (Å²) in [6.07, 6.45) is 3.36. The molecule has 2 unspecified atom stereocenters. The summed E-state index contributed by atoms with van der Waals surface area (Å²) in [7, 11) is 0. The average Bonchev–Trinajstić information content (AvgIpc) is 3.62. The number of ether oxygens (including phenoxy) is 2. The highest BCUT2D eigenvalue weighted by Crippen LogP contribution is 2.37. The van der Waals surface area contributed by atoms with Crippen molar-refractivity contribution in [1.82, 2.24) is 10.2 Å². The number of carbonyl (C=O) groups excluding carboxylic acids is 2. The van der Waals surface area contributed by atoms with Gasteiger partial charge in [0.15, 0.2) is 5.76 Å². The highest BCUT2D eigenvalue weighted by molar-refractivity contribution is 5.91. The second-order valence-corrected chi connectivity index (χ2v) is 9.76. The van der Waals surface area contributed by atoms with Gasteiger partial charge in [0.25, 0.3) is 5.91 Å². The van der Waals surface area contributed by atoms with Gasteiger partial charge in [0, 0.05) is 26.1 Å². The van der Waals surface area contributed by atoms with Gasteiger partial charge in [-0.15, -0.1) is 0 Å². The minimum absolute atomic E-state index is 0.0815. The molecule has 5 rings (SSSR count). The summed E-state index contributed by atoms with van der Waals surface area (Å²) in [5.74, 6) is 1.41. The molecule has 1 aromatic heterocycles. The third-order valence-corrected chi connectivity index (χ3v) is 7.14. The fourth-order valence-corrected chi connectivity index (χ4v) is 5.09. The minimum atomic E-state index is -0.253. The maximum Gasteiger partial charge on any atom is 0.287 e. The van der Waals surface area contributed by atoms with E-state index in [0.29, 0.717) is 31.0 Å². The Morgan fingerprint density at radius 1 is 1.11 bits per heavy atom. The molecule has 2 aliphatic rings. The fourth-order valence-electron chi connectivity index (χ4n) is 5.09. The van der Waals surface area contributed by atoms with Crippen molar-refractivity contribution < 1.29 is 23.5 Å². The Morgan fingerprint density at radius 2 is 1.95 bits per heavy atom. The highest BCUT2D eigenvalue weighted by atomic mass is 16.5. The van der Waals surface area contributed by atoms with Crippen molar-refractivity contribution >= 4 is 11.8 Å². The van der Waals surface area contributed by atoms with E-state index in [2.05, 4.69) is 42.6 Å². The topological polar surface area (TPSA) is 81.0 Å². The lowest BCUT2D eigenvalue weighted by atomic mass is 9.87. The number of nitrogens with one attached hydrogen (secondary N) is 1. The summed E-state index contributed by atoms with van der Waals surface area (Å²) in [5.41, 5.74) is 4.59. The number of rotatable bonds is 8. The Hall–Kier alpha value is -3.58. The standard InChI is InChI=1S/C30H34N2O5/c1-3-28(33)32-15-14-21-10-11-23(17-26(21)29(32)22-8-6-20(2)7-9-22)36-19-25-12-13-27(37-25)30(34)31-18-24-5-4-16-35-24/h6-13,17,24,29H,3-5,14-16,18-19H2,1-2H3,(H,31,34). The molecular formula is C30H34N2O5. The molecule has 194 valence electrons. The van der Waals surface area contributed by atoms with Crippen LogP contribution in [0.2, 0.25) is 0 Å². The molecule has 0 saturated carbocycles. The Balaban J connectivity index is 1.29. The van der Waals surface area contributed by atoms with Crippen molar-refractivity contribution in [1.29, 1.82) is 0 Å². The van der Waals surface area contributed by atoms with Gasteiger partial charge >= 0.3 is 0 Å². The lowest BCUT2D eigenvalue weighted by Gasteiger charge is -2.38. The van der Waals surface area contributed by atoms with Gasteiger partial charge in [0.05, 0.1) is 12.1 Å². The van der Waals surface area contributed by atoms with Crippen LogP contribution in [0, 0.1) is 6.92 Å². The predicted molar refractivity (Wildman–Crippen MR) is 140 cm³/mol. The average molecular weight is 503 g/mol. The molecule has 3 aromatic rings. The molecule has 7 nitrogen and oxygen atoms in total. The predicted octanol–water partition coefficient (Wildman–Crippen LogP) is 4.96. The zero-order chi connectivity index (χ0) is 25.8. The molecule has 1 saturated heterocycles. The first-order chi connectivity index (χ1) is 18.0. The van der Waals surface area contributed by atoms with E-state index in [1.165, 1.54) is 11.1 Å². The molecule has 0 radical (unpaired) electrons. The van der Waals surface area contributed by atoms with Crippen LogP contribution in [0.25, 0.3) is 0 Å². The van der Waals surface area contributed by atoms with Crippen molar-refractivity contribution in [2.24, 2.45) is 0 Å². The van der Waals surface area contributed by atoms with E-state index in [-0.39, 0.29) is 36.3 Å². The monoisotopic (exact) mass is 502 g/mol. The molecule has 2 aliphatic heterocycles. The zero-order valence-electron chi connectivity index (χ0n) is 21.5. The molecule has 1 fully saturated rings. The molecule has 0 spiro atoms. The second-order valence-electron chi connectivity index (χ2n) is 9.76. The third kappa shape index (κ3) is 5.72. The lowest BCUT2D eigenvalue weighted by molar-refractivity contribution is -0.132. The number of aryl methyl sites for hydroxylation is 1.